The summed E-state index contributed by atoms with van der Waals surface area (Å²) in [7, 11) is 0. The maximum atomic E-state index is 12.8. The zero-order chi connectivity index (χ0) is 19.7. The van der Waals surface area contributed by atoms with Gasteiger partial charge in [-0.25, -0.2) is 0 Å². The molecule has 0 spiro atoms. The van der Waals surface area contributed by atoms with Crippen molar-refractivity contribution in [1.82, 2.24) is 5.32 Å². The van der Waals surface area contributed by atoms with E-state index >= 15 is 0 Å². The number of hydrogen-bond acceptors (Lipinski definition) is 4. The minimum absolute atomic E-state index is 0.00547. The number of aldehydes is 1. The highest BCUT2D eigenvalue weighted by molar-refractivity contribution is 8.15. The molecule has 146 valence electrons. The molecule has 0 radical (unpaired) electrons. The van der Waals surface area contributed by atoms with Crippen LogP contribution in [0.1, 0.15) is 63.2 Å². The van der Waals surface area contributed by atoms with Crippen molar-refractivity contribution < 1.29 is 14.4 Å². The number of rotatable bonds is 4. The fourth-order valence-electron chi connectivity index (χ4n) is 5.30. The van der Waals surface area contributed by atoms with Crippen molar-refractivity contribution >= 4 is 29.1 Å². The van der Waals surface area contributed by atoms with Crippen LogP contribution in [0.2, 0.25) is 0 Å². The normalized spacial score (nSPS) is 35.7. The molecule has 5 heteroatoms. The molecule has 1 amide bonds. The molecule has 5 atom stereocenters. The lowest BCUT2D eigenvalue weighted by Gasteiger charge is -2.37. The zero-order valence-electron chi connectivity index (χ0n) is 16.4. The Labute approximate surface area is 165 Å². The fraction of sp³-hybridized carbons (Fsp3) is 0.591. The number of hydrogen-bond donors (Lipinski definition) is 1. The summed E-state index contributed by atoms with van der Waals surface area (Å²) in [4.78, 5) is 36.6. The summed E-state index contributed by atoms with van der Waals surface area (Å²) in [6.45, 7) is 5.72. The van der Waals surface area contributed by atoms with Crippen molar-refractivity contribution in [3.05, 3.63) is 35.9 Å². The van der Waals surface area contributed by atoms with Crippen molar-refractivity contribution in [2.24, 2.45) is 17.3 Å². The Morgan fingerprint density at radius 1 is 1.15 bits per heavy atom. The maximum absolute atomic E-state index is 12.8. The SMILES string of the molecule is CC(=O)NC1CCC2C1CCC(C)(SC(=O)c1ccccc1)CC2(C)C=O. The molecule has 0 bridgehead atoms. The molecule has 5 unspecified atom stereocenters. The molecule has 2 aliphatic rings. The first-order valence-corrected chi connectivity index (χ1v) is 10.6. The Hall–Kier alpha value is -1.62. The number of thioether (sulfide) groups is 1. The van der Waals surface area contributed by atoms with Gasteiger partial charge in [0, 0.05) is 28.7 Å². The molecule has 3 rings (SSSR count). The van der Waals surface area contributed by atoms with Gasteiger partial charge >= 0.3 is 0 Å². The van der Waals surface area contributed by atoms with Crippen LogP contribution in [0.5, 0.6) is 0 Å². The second-order valence-electron chi connectivity index (χ2n) is 8.70. The van der Waals surface area contributed by atoms with Gasteiger partial charge in [0.15, 0.2) is 0 Å². The molecule has 2 aliphatic carbocycles. The standard InChI is InChI=1S/C22H29NO3S/c1-15(25)23-19-10-9-18-17(19)11-12-22(3,13-21(18,2)14-24)27-20(26)16-7-5-4-6-8-16/h4-8,14,17-19H,9-13H2,1-3H3,(H,23,25). The summed E-state index contributed by atoms with van der Waals surface area (Å²) in [5, 5.41) is 3.16. The highest BCUT2D eigenvalue weighted by atomic mass is 32.2. The lowest BCUT2D eigenvalue weighted by atomic mass is 9.70. The molecule has 1 N–H and O–H groups in total. The van der Waals surface area contributed by atoms with E-state index in [1.165, 1.54) is 11.8 Å². The van der Waals surface area contributed by atoms with Crippen molar-refractivity contribution in [2.75, 3.05) is 0 Å². The third-order valence-corrected chi connectivity index (χ3v) is 7.70. The van der Waals surface area contributed by atoms with Gasteiger partial charge in [0.1, 0.15) is 6.29 Å². The molecular formula is C22H29NO3S. The third-order valence-electron chi connectivity index (χ3n) is 6.44. The zero-order valence-corrected chi connectivity index (χ0v) is 17.2. The highest BCUT2D eigenvalue weighted by Crippen LogP contribution is 2.55. The smallest absolute Gasteiger partial charge is 0.219 e. The number of amides is 1. The van der Waals surface area contributed by atoms with Gasteiger partial charge in [-0.1, -0.05) is 49.0 Å². The van der Waals surface area contributed by atoms with Crippen LogP contribution >= 0.6 is 11.8 Å². The summed E-state index contributed by atoms with van der Waals surface area (Å²) in [6.07, 6.45) is 5.50. The molecular weight excluding hydrogens is 358 g/mol. The van der Waals surface area contributed by atoms with E-state index in [1.54, 1.807) is 6.92 Å². The molecule has 27 heavy (non-hydrogen) atoms. The van der Waals surface area contributed by atoms with Gasteiger partial charge in [0.05, 0.1) is 0 Å². The predicted molar refractivity (Wildman–Crippen MR) is 109 cm³/mol. The van der Waals surface area contributed by atoms with Crippen LogP contribution in [-0.4, -0.2) is 28.1 Å². The van der Waals surface area contributed by atoms with E-state index in [0.29, 0.717) is 17.9 Å². The summed E-state index contributed by atoms with van der Waals surface area (Å²) < 4.78 is -0.284. The largest absolute Gasteiger partial charge is 0.353 e. The lowest BCUT2D eigenvalue weighted by Crippen LogP contribution is -2.40. The summed E-state index contributed by atoms with van der Waals surface area (Å²) >= 11 is 1.38. The van der Waals surface area contributed by atoms with E-state index in [9.17, 15) is 14.4 Å². The Balaban J connectivity index is 1.82. The topological polar surface area (TPSA) is 63.2 Å². The van der Waals surface area contributed by atoms with Crippen molar-refractivity contribution in [3.8, 4) is 0 Å². The molecule has 1 aromatic rings. The van der Waals surface area contributed by atoms with Gasteiger partial charge in [-0.3, -0.25) is 9.59 Å². The maximum Gasteiger partial charge on any atom is 0.219 e. The van der Waals surface area contributed by atoms with E-state index < -0.39 is 5.41 Å². The third kappa shape index (κ3) is 4.29. The fourth-order valence-corrected chi connectivity index (χ4v) is 6.60. The minimum atomic E-state index is -0.465. The number of carbonyl (C=O) groups is 3. The Morgan fingerprint density at radius 3 is 2.48 bits per heavy atom. The first-order valence-electron chi connectivity index (χ1n) is 9.78. The molecule has 2 saturated carbocycles. The number of carbonyl (C=O) groups excluding carboxylic acids is 3. The Morgan fingerprint density at radius 2 is 1.85 bits per heavy atom. The summed E-state index contributed by atoms with van der Waals surface area (Å²) in [5.74, 6) is 0.563. The molecule has 0 aliphatic heterocycles. The van der Waals surface area contributed by atoms with E-state index in [2.05, 4.69) is 12.2 Å². The number of fused-ring (bicyclic) bond motifs is 1. The van der Waals surface area contributed by atoms with Crippen molar-refractivity contribution in [1.29, 1.82) is 0 Å². The molecule has 0 aromatic heterocycles. The van der Waals surface area contributed by atoms with Crippen LogP contribution in [0, 0.1) is 17.3 Å². The Bertz CT molecular complexity index is 722. The van der Waals surface area contributed by atoms with E-state index in [1.807, 2.05) is 37.3 Å². The minimum Gasteiger partial charge on any atom is -0.353 e. The van der Waals surface area contributed by atoms with Crippen molar-refractivity contribution in [3.63, 3.8) is 0 Å². The van der Waals surface area contributed by atoms with Gasteiger partial charge < -0.3 is 10.1 Å². The summed E-state index contributed by atoms with van der Waals surface area (Å²) in [6, 6.07) is 9.49. The number of benzene rings is 1. The van der Waals surface area contributed by atoms with Gasteiger partial charge in [-0.05, 0) is 50.9 Å². The summed E-state index contributed by atoms with van der Waals surface area (Å²) in [5.41, 5.74) is 0.240. The van der Waals surface area contributed by atoms with E-state index in [4.69, 9.17) is 0 Å². The second-order valence-corrected chi connectivity index (χ2v) is 10.3. The quantitative estimate of drug-likeness (QED) is 0.785. The highest BCUT2D eigenvalue weighted by Gasteiger charge is 2.52. The van der Waals surface area contributed by atoms with E-state index in [0.717, 1.165) is 32.0 Å². The first kappa shape index (κ1) is 20.1. The van der Waals surface area contributed by atoms with Crippen LogP contribution in [0.4, 0.5) is 0 Å². The molecule has 4 nitrogen and oxygen atoms in total. The monoisotopic (exact) mass is 387 g/mol. The van der Waals surface area contributed by atoms with Crippen molar-refractivity contribution in [2.45, 2.75) is 63.7 Å². The average molecular weight is 388 g/mol. The van der Waals surface area contributed by atoms with Gasteiger partial charge in [0.25, 0.3) is 0 Å². The van der Waals surface area contributed by atoms with Crippen LogP contribution in [0.25, 0.3) is 0 Å². The second kappa shape index (κ2) is 7.78. The molecule has 0 heterocycles. The average Bonchev–Trinajstić information content (AvgIpc) is 2.98. The van der Waals surface area contributed by atoms with Gasteiger partial charge in [-0.15, -0.1) is 0 Å². The van der Waals surface area contributed by atoms with Crippen LogP contribution in [-0.2, 0) is 9.59 Å². The lowest BCUT2D eigenvalue weighted by molar-refractivity contribution is -0.120. The van der Waals surface area contributed by atoms with Gasteiger partial charge in [0.2, 0.25) is 11.0 Å². The van der Waals surface area contributed by atoms with Crippen LogP contribution < -0.4 is 5.32 Å². The Kier molecular flexibility index (Phi) is 5.80. The molecule has 0 saturated heterocycles. The molecule has 2 fully saturated rings. The number of nitrogens with one attached hydrogen (secondary N) is 1. The first-order chi connectivity index (χ1) is 12.8. The van der Waals surface area contributed by atoms with E-state index in [-0.39, 0.29) is 27.7 Å². The van der Waals surface area contributed by atoms with Crippen LogP contribution in [0.3, 0.4) is 0 Å². The predicted octanol–water partition coefficient (Wildman–Crippen LogP) is 4.24. The van der Waals surface area contributed by atoms with Gasteiger partial charge in [-0.2, -0.15) is 0 Å². The molecule has 1 aromatic carbocycles. The van der Waals surface area contributed by atoms with Crippen LogP contribution in [0.15, 0.2) is 30.3 Å².